The second-order valence-corrected chi connectivity index (χ2v) is 5.66. The summed E-state index contributed by atoms with van der Waals surface area (Å²) < 4.78 is 5.72. The van der Waals surface area contributed by atoms with E-state index in [0.717, 1.165) is 21.5 Å². The fourth-order valence-corrected chi connectivity index (χ4v) is 2.79. The molecule has 0 bridgehead atoms. The number of imidazole rings is 1. The molecule has 6 nitrogen and oxygen atoms in total. The van der Waals surface area contributed by atoms with Gasteiger partial charge in [-0.25, -0.2) is 4.98 Å². The van der Waals surface area contributed by atoms with E-state index in [4.69, 9.17) is 4.42 Å². The Bertz CT molecular complexity index is 902. The normalized spacial score (nSPS) is 11.1. The van der Waals surface area contributed by atoms with E-state index in [0.29, 0.717) is 17.5 Å². The number of aromatic amines is 1. The molecule has 0 amide bonds. The Kier molecular flexibility index (Phi) is 3.32. The van der Waals surface area contributed by atoms with Gasteiger partial charge in [-0.3, -0.25) is 4.98 Å². The Morgan fingerprint density at radius 2 is 2.00 bits per heavy atom. The SMILES string of the molecule is c1cc(SCc2nnc(-c3ccc4[nH]cnc4c3)o2)ccn1. The van der Waals surface area contributed by atoms with Crippen molar-refractivity contribution in [3.8, 4) is 11.5 Å². The number of hydrogen-bond donors (Lipinski definition) is 1. The van der Waals surface area contributed by atoms with E-state index >= 15 is 0 Å². The van der Waals surface area contributed by atoms with Crippen LogP contribution in [0.1, 0.15) is 5.89 Å². The molecule has 1 N–H and O–H groups in total. The van der Waals surface area contributed by atoms with Crippen LogP contribution in [0, 0.1) is 0 Å². The van der Waals surface area contributed by atoms with E-state index < -0.39 is 0 Å². The summed E-state index contributed by atoms with van der Waals surface area (Å²) in [5.74, 6) is 1.73. The van der Waals surface area contributed by atoms with Crippen LogP contribution in [0.25, 0.3) is 22.5 Å². The molecule has 0 aliphatic carbocycles. The number of pyridine rings is 1. The topological polar surface area (TPSA) is 80.5 Å². The summed E-state index contributed by atoms with van der Waals surface area (Å²) in [6.07, 6.45) is 5.19. The van der Waals surface area contributed by atoms with Gasteiger partial charge in [0.05, 0.1) is 23.1 Å². The van der Waals surface area contributed by atoms with E-state index in [9.17, 15) is 0 Å². The van der Waals surface area contributed by atoms with Crippen molar-refractivity contribution >= 4 is 22.8 Å². The number of rotatable bonds is 4. The smallest absolute Gasteiger partial charge is 0.247 e. The summed E-state index contributed by atoms with van der Waals surface area (Å²) >= 11 is 1.63. The summed E-state index contributed by atoms with van der Waals surface area (Å²) in [5, 5.41) is 8.20. The Hall–Kier alpha value is -2.67. The molecule has 7 heteroatoms. The summed E-state index contributed by atoms with van der Waals surface area (Å²) in [7, 11) is 0. The molecule has 4 aromatic rings. The van der Waals surface area contributed by atoms with Crippen LogP contribution in [0.2, 0.25) is 0 Å². The number of benzene rings is 1. The first-order chi connectivity index (χ1) is 10.9. The average Bonchev–Trinajstić information content (AvgIpc) is 3.22. The highest BCUT2D eigenvalue weighted by Crippen LogP contribution is 2.25. The molecule has 0 unspecified atom stereocenters. The summed E-state index contributed by atoms with van der Waals surface area (Å²) in [5.41, 5.74) is 2.73. The van der Waals surface area contributed by atoms with Crippen LogP contribution in [-0.4, -0.2) is 25.1 Å². The fourth-order valence-electron chi connectivity index (χ4n) is 2.07. The van der Waals surface area contributed by atoms with Gasteiger partial charge in [-0.2, -0.15) is 0 Å². The molecular formula is C15H11N5OS. The van der Waals surface area contributed by atoms with Crippen molar-refractivity contribution in [1.82, 2.24) is 25.1 Å². The van der Waals surface area contributed by atoms with Crippen molar-refractivity contribution < 1.29 is 4.42 Å². The van der Waals surface area contributed by atoms with Crippen LogP contribution in [-0.2, 0) is 5.75 Å². The first-order valence-corrected chi connectivity index (χ1v) is 7.66. The molecule has 3 heterocycles. The van der Waals surface area contributed by atoms with Gasteiger partial charge in [0.25, 0.3) is 0 Å². The lowest BCUT2D eigenvalue weighted by Crippen LogP contribution is -1.80. The Labute approximate surface area is 130 Å². The molecule has 0 fully saturated rings. The number of nitrogens with one attached hydrogen (secondary N) is 1. The van der Waals surface area contributed by atoms with Gasteiger partial charge in [-0.15, -0.1) is 22.0 Å². The number of fused-ring (bicyclic) bond motifs is 1. The highest BCUT2D eigenvalue weighted by atomic mass is 32.2. The first kappa shape index (κ1) is 13.0. The molecule has 108 valence electrons. The summed E-state index contributed by atoms with van der Waals surface area (Å²) in [6, 6.07) is 9.72. The van der Waals surface area contributed by atoms with Gasteiger partial charge >= 0.3 is 0 Å². The summed E-state index contributed by atoms with van der Waals surface area (Å²) in [4.78, 5) is 12.4. The van der Waals surface area contributed by atoms with Gasteiger partial charge in [0.1, 0.15) is 0 Å². The molecule has 0 aliphatic heterocycles. The van der Waals surface area contributed by atoms with E-state index in [1.807, 2.05) is 30.3 Å². The van der Waals surface area contributed by atoms with Crippen LogP contribution in [0.3, 0.4) is 0 Å². The molecule has 0 saturated carbocycles. The molecule has 0 aliphatic rings. The maximum Gasteiger partial charge on any atom is 0.247 e. The lowest BCUT2D eigenvalue weighted by molar-refractivity contribution is 0.528. The molecular weight excluding hydrogens is 298 g/mol. The van der Waals surface area contributed by atoms with Crippen molar-refractivity contribution in [2.45, 2.75) is 10.6 Å². The molecule has 1 aromatic carbocycles. The maximum atomic E-state index is 5.72. The zero-order valence-corrected chi connectivity index (χ0v) is 12.2. The van der Waals surface area contributed by atoms with Gasteiger partial charge in [0.15, 0.2) is 0 Å². The molecule has 0 spiro atoms. The van der Waals surface area contributed by atoms with Crippen molar-refractivity contribution in [2.24, 2.45) is 0 Å². The van der Waals surface area contributed by atoms with E-state index in [-0.39, 0.29) is 0 Å². The zero-order chi connectivity index (χ0) is 14.8. The van der Waals surface area contributed by atoms with Crippen LogP contribution >= 0.6 is 11.8 Å². The highest BCUT2D eigenvalue weighted by molar-refractivity contribution is 7.98. The molecule has 3 aromatic heterocycles. The van der Waals surface area contributed by atoms with E-state index in [1.165, 1.54) is 0 Å². The van der Waals surface area contributed by atoms with Gasteiger partial charge in [-0.05, 0) is 30.3 Å². The molecule has 22 heavy (non-hydrogen) atoms. The lowest BCUT2D eigenvalue weighted by atomic mass is 10.2. The molecule has 0 atom stereocenters. The van der Waals surface area contributed by atoms with Crippen LogP contribution in [0.5, 0.6) is 0 Å². The number of H-pyrrole nitrogens is 1. The summed E-state index contributed by atoms with van der Waals surface area (Å²) in [6.45, 7) is 0. The third kappa shape index (κ3) is 2.58. The molecule has 0 radical (unpaired) electrons. The van der Waals surface area contributed by atoms with Gasteiger partial charge in [0, 0.05) is 22.9 Å². The Morgan fingerprint density at radius 3 is 2.91 bits per heavy atom. The quantitative estimate of drug-likeness (QED) is 0.583. The first-order valence-electron chi connectivity index (χ1n) is 6.67. The minimum absolute atomic E-state index is 0.509. The lowest BCUT2D eigenvalue weighted by Gasteiger charge is -1.97. The predicted octanol–water partition coefficient (Wildman–Crippen LogP) is 3.30. The minimum Gasteiger partial charge on any atom is -0.420 e. The largest absolute Gasteiger partial charge is 0.420 e. The third-order valence-electron chi connectivity index (χ3n) is 3.15. The second-order valence-electron chi connectivity index (χ2n) is 4.61. The fraction of sp³-hybridized carbons (Fsp3) is 0.0667. The molecule has 4 rings (SSSR count). The van der Waals surface area contributed by atoms with Crippen molar-refractivity contribution in [3.63, 3.8) is 0 Å². The number of aromatic nitrogens is 5. The standard InChI is InChI=1S/C15H11N5OS/c1-2-12-13(18-9-17-12)7-10(1)15-20-19-14(21-15)8-22-11-3-5-16-6-4-11/h1-7,9H,8H2,(H,17,18). The Balaban J connectivity index is 1.53. The van der Waals surface area contributed by atoms with Gasteiger partial charge in [0.2, 0.25) is 11.8 Å². The highest BCUT2D eigenvalue weighted by Gasteiger charge is 2.10. The zero-order valence-electron chi connectivity index (χ0n) is 11.4. The van der Waals surface area contributed by atoms with Crippen molar-refractivity contribution in [3.05, 3.63) is 54.9 Å². The monoisotopic (exact) mass is 309 g/mol. The number of hydrogen-bond acceptors (Lipinski definition) is 6. The van der Waals surface area contributed by atoms with Gasteiger partial charge < -0.3 is 9.40 Å². The van der Waals surface area contributed by atoms with Crippen molar-refractivity contribution in [1.29, 1.82) is 0 Å². The van der Waals surface area contributed by atoms with Crippen molar-refractivity contribution in [2.75, 3.05) is 0 Å². The minimum atomic E-state index is 0.509. The van der Waals surface area contributed by atoms with Crippen LogP contribution in [0.15, 0.2) is 58.4 Å². The number of nitrogens with zero attached hydrogens (tertiary/aromatic N) is 4. The Morgan fingerprint density at radius 1 is 1.09 bits per heavy atom. The maximum absolute atomic E-state index is 5.72. The molecule has 0 saturated heterocycles. The van der Waals surface area contributed by atoms with Gasteiger partial charge in [-0.1, -0.05) is 0 Å². The third-order valence-corrected chi connectivity index (χ3v) is 4.14. The van der Waals surface area contributed by atoms with E-state index in [1.54, 1.807) is 30.5 Å². The number of thioether (sulfide) groups is 1. The van der Waals surface area contributed by atoms with Crippen LogP contribution in [0.4, 0.5) is 0 Å². The second kappa shape index (κ2) is 5.61. The predicted molar refractivity (Wildman–Crippen MR) is 83.2 cm³/mol. The average molecular weight is 309 g/mol. The van der Waals surface area contributed by atoms with Crippen LogP contribution < -0.4 is 0 Å². The van der Waals surface area contributed by atoms with E-state index in [2.05, 4.69) is 25.1 Å².